The van der Waals surface area contributed by atoms with Crippen LogP contribution >= 0.6 is 22.7 Å². The van der Waals surface area contributed by atoms with Crippen molar-refractivity contribution < 1.29 is 14.3 Å². The van der Waals surface area contributed by atoms with Crippen molar-refractivity contribution in [1.29, 1.82) is 0 Å². The Balaban J connectivity index is 1.34. The predicted molar refractivity (Wildman–Crippen MR) is 137 cm³/mol. The summed E-state index contributed by atoms with van der Waals surface area (Å²) in [4.78, 5) is 31.6. The maximum Gasteiger partial charge on any atom is 0.265 e. The van der Waals surface area contributed by atoms with Gasteiger partial charge >= 0.3 is 0 Å². The highest BCUT2D eigenvalue weighted by molar-refractivity contribution is 7.15. The number of nitrogens with zero attached hydrogens (tertiary/aromatic N) is 4. The predicted octanol–water partition coefficient (Wildman–Crippen LogP) is 4.74. The summed E-state index contributed by atoms with van der Waals surface area (Å²) in [7, 11) is 0. The highest BCUT2D eigenvalue weighted by Gasteiger charge is 2.28. The van der Waals surface area contributed by atoms with Gasteiger partial charge in [0.05, 0.1) is 16.4 Å². The van der Waals surface area contributed by atoms with Crippen molar-refractivity contribution in [2.24, 2.45) is 0 Å². The van der Waals surface area contributed by atoms with Gasteiger partial charge in [-0.05, 0) is 23.8 Å². The van der Waals surface area contributed by atoms with Crippen LogP contribution in [0.25, 0.3) is 11.3 Å². The van der Waals surface area contributed by atoms with Crippen LogP contribution in [-0.4, -0.2) is 40.1 Å². The van der Waals surface area contributed by atoms with Gasteiger partial charge in [0.15, 0.2) is 6.61 Å². The number of fused-ring (bicyclic) bond motifs is 1. The van der Waals surface area contributed by atoms with E-state index in [-0.39, 0.29) is 30.9 Å². The number of amides is 2. The minimum atomic E-state index is -0.345. The number of hydrogen-bond acceptors (Lipinski definition) is 8. The molecule has 8 nitrogen and oxygen atoms in total. The summed E-state index contributed by atoms with van der Waals surface area (Å²) in [6.07, 6.45) is 0.758. The number of aromatic nitrogens is 3. The summed E-state index contributed by atoms with van der Waals surface area (Å²) in [6, 6.07) is 15.8. The molecule has 10 heteroatoms. The van der Waals surface area contributed by atoms with Gasteiger partial charge in [-0.1, -0.05) is 55.5 Å². The van der Waals surface area contributed by atoms with E-state index < -0.39 is 0 Å². The van der Waals surface area contributed by atoms with E-state index in [9.17, 15) is 9.59 Å². The first kappa shape index (κ1) is 23.1. The molecule has 0 fully saturated rings. The van der Waals surface area contributed by atoms with Gasteiger partial charge in [0.25, 0.3) is 5.91 Å². The van der Waals surface area contributed by atoms with Crippen LogP contribution in [0, 0.1) is 0 Å². The van der Waals surface area contributed by atoms with Gasteiger partial charge in [-0.25, -0.2) is 4.98 Å². The normalized spacial score (nSPS) is 13.0. The molecule has 0 unspecified atom stereocenters. The van der Waals surface area contributed by atoms with Crippen molar-refractivity contribution in [2.45, 2.75) is 26.2 Å². The summed E-state index contributed by atoms with van der Waals surface area (Å²) in [5.74, 6) is 0.150. The second-order valence-electron chi connectivity index (χ2n) is 8.39. The number of hydrogen-bond donors (Lipinski definition) is 1. The monoisotopic (exact) mass is 505 g/mol. The second-order valence-corrected chi connectivity index (χ2v) is 10.3. The number of carbonyl (C=O) groups is 2. The molecule has 2 aromatic heterocycles. The highest BCUT2D eigenvalue weighted by atomic mass is 32.1. The van der Waals surface area contributed by atoms with Crippen molar-refractivity contribution in [1.82, 2.24) is 15.2 Å². The number of nitrogens with one attached hydrogen (secondary N) is 1. The Bertz CT molecular complexity index is 1370. The quantitative estimate of drug-likeness (QED) is 0.390. The van der Waals surface area contributed by atoms with Crippen molar-refractivity contribution in [2.75, 3.05) is 23.4 Å². The summed E-state index contributed by atoms with van der Waals surface area (Å²) < 4.78 is 5.61. The Kier molecular flexibility index (Phi) is 6.56. The zero-order chi connectivity index (χ0) is 24.4. The molecule has 2 amide bonds. The highest BCUT2D eigenvalue weighted by Crippen LogP contribution is 2.36. The van der Waals surface area contributed by atoms with E-state index in [4.69, 9.17) is 9.72 Å². The van der Waals surface area contributed by atoms with Crippen LogP contribution in [0.5, 0.6) is 5.75 Å². The molecule has 3 heterocycles. The van der Waals surface area contributed by atoms with E-state index in [1.807, 2.05) is 55.6 Å². The summed E-state index contributed by atoms with van der Waals surface area (Å²) in [5, 5.41) is 15.1. The fraction of sp³-hybridized carbons (Fsp3) is 0.240. The Hall–Kier alpha value is -3.63. The van der Waals surface area contributed by atoms with Gasteiger partial charge in [0.1, 0.15) is 17.3 Å². The third-order valence-electron chi connectivity index (χ3n) is 5.43. The van der Waals surface area contributed by atoms with Crippen LogP contribution in [0.3, 0.4) is 0 Å². The third-order valence-corrected chi connectivity index (χ3v) is 7.42. The van der Waals surface area contributed by atoms with E-state index in [0.29, 0.717) is 16.6 Å². The average molecular weight is 506 g/mol. The Morgan fingerprint density at radius 1 is 1.17 bits per heavy atom. The first-order valence-electron chi connectivity index (χ1n) is 11.2. The van der Waals surface area contributed by atoms with E-state index >= 15 is 0 Å². The summed E-state index contributed by atoms with van der Waals surface area (Å²) in [5.41, 5.74) is 3.42. The third kappa shape index (κ3) is 5.23. The molecule has 0 saturated heterocycles. The second kappa shape index (κ2) is 9.93. The van der Waals surface area contributed by atoms with Gasteiger partial charge in [0.2, 0.25) is 11.0 Å². The summed E-state index contributed by atoms with van der Waals surface area (Å²) in [6.45, 7) is 3.76. The van der Waals surface area contributed by atoms with Gasteiger partial charge in [-0.3, -0.25) is 19.8 Å². The van der Waals surface area contributed by atoms with Crippen molar-refractivity contribution in [3.8, 4) is 17.0 Å². The minimum Gasteiger partial charge on any atom is -0.482 e. The minimum absolute atomic E-state index is 0.117. The zero-order valence-electron chi connectivity index (χ0n) is 19.2. The van der Waals surface area contributed by atoms with Gasteiger partial charge in [-0.15, -0.1) is 21.5 Å². The number of anilines is 2. The fourth-order valence-corrected chi connectivity index (χ4v) is 5.25. The summed E-state index contributed by atoms with van der Waals surface area (Å²) >= 11 is 2.93. The van der Waals surface area contributed by atoms with Crippen molar-refractivity contribution in [3.05, 3.63) is 69.5 Å². The van der Waals surface area contributed by atoms with Crippen LogP contribution in [0.15, 0.2) is 53.9 Å². The first-order chi connectivity index (χ1) is 17.0. The molecular formula is C25H23N5O3S2. The maximum atomic E-state index is 12.7. The van der Waals surface area contributed by atoms with Crippen LogP contribution in [-0.2, 0) is 16.0 Å². The molecule has 178 valence electrons. The molecule has 2 aromatic carbocycles. The smallest absolute Gasteiger partial charge is 0.265 e. The van der Waals surface area contributed by atoms with E-state index in [1.54, 1.807) is 11.3 Å². The molecule has 0 aliphatic carbocycles. The number of thiazole rings is 1. The van der Waals surface area contributed by atoms with Crippen LogP contribution in [0.1, 0.15) is 35.3 Å². The largest absolute Gasteiger partial charge is 0.482 e. The maximum absolute atomic E-state index is 12.7. The molecule has 0 radical (unpaired) electrons. The molecule has 1 N–H and O–H groups in total. The van der Waals surface area contributed by atoms with Gasteiger partial charge in [0, 0.05) is 23.3 Å². The molecule has 1 aliphatic heterocycles. The Morgan fingerprint density at radius 3 is 2.77 bits per heavy atom. The molecule has 1 aliphatic rings. The van der Waals surface area contributed by atoms with Crippen LogP contribution in [0.4, 0.5) is 10.8 Å². The SMILES string of the molecule is CC(C)c1nnc(NC(=O)CN2C(=O)COc3ccc(-c4csc(Cc5ccccc5)n4)cc32)s1. The molecule has 0 spiro atoms. The first-order valence-corrected chi connectivity index (χ1v) is 12.8. The standard InChI is InChI=1S/C25H23N5O3S2/c1-15(2)24-28-29-25(35-24)27-21(31)12-30-19-11-17(8-9-20(19)33-13-23(30)32)18-14-34-22(26-18)10-16-6-4-3-5-7-16/h3-9,11,14-15H,10,12-13H2,1-2H3,(H,27,29,31). The molecule has 0 bridgehead atoms. The molecule has 5 rings (SSSR count). The lowest BCUT2D eigenvalue weighted by molar-refractivity contribution is -0.123. The van der Waals surface area contributed by atoms with Gasteiger partial charge < -0.3 is 4.74 Å². The molecule has 35 heavy (non-hydrogen) atoms. The Morgan fingerprint density at radius 2 is 2.00 bits per heavy atom. The van der Waals surface area contributed by atoms with Crippen molar-refractivity contribution in [3.63, 3.8) is 0 Å². The number of rotatable bonds is 7. The van der Waals surface area contributed by atoms with E-state index in [0.717, 1.165) is 27.7 Å². The number of ether oxygens (including phenoxy) is 1. The lowest BCUT2D eigenvalue weighted by atomic mass is 10.1. The molecule has 0 saturated carbocycles. The molecule has 4 aromatic rings. The molecular weight excluding hydrogens is 482 g/mol. The topological polar surface area (TPSA) is 97.3 Å². The number of benzene rings is 2. The van der Waals surface area contributed by atoms with Crippen LogP contribution < -0.4 is 15.0 Å². The van der Waals surface area contributed by atoms with E-state index in [1.165, 1.54) is 21.8 Å². The average Bonchev–Trinajstić information content (AvgIpc) is 3.51. The fourth-order valence-electron chi connectivity index (χ4n) is 3.65. The number of carbonyl (C=O) groups excluding carboxylic acids is 2. The van der Waals surface area contributed by atoms with Crippen LogP contribution in [0.2, 0.25) is 0 Å². The lowest BCUT2D eigenvalue weighted by Crippen LogP contribution is -2.43. The molecule has 0 atom stereocenters. The zero-order valence-corrected chi connectivity index (χ0v) is 20.9. The van der Waals surface area contributed by atoms with Crippen molar-refractivity contribution >= 4 is 45.3 Å². The Labute approximate surface area is 210 Å². The lowest BCUT2D eigenvalue weighted by Gasteiger charge is -2.29. The van der Waals surface area contributed by atoms with Gasteiger partial charge in [-0.2, -0.15) is 0 Å². The van der Waals surface area contributed by atoms with E-state index in [2.05, 4.69) is 27.6 Å².